The number of hydrogen-bond acceptors (Lipinski definition) is 2. The highest BCUT2D eigenvalue weighted by atomic mass is 79.9. The summed E-state index contributed by atoms with van der Waals surface area (Å²) in [7, 11) is 0. The van der Waals surface area contributed by atoms with Gasteiger partial charge in [0.05, 0.1) is 5.60 Å². The molecular weight excluding hydrogens is 278 g/mol. The zero-order valence-corrected chi connectivity index (χ0v) is 11.8. The van der Waals surface area contributed by atoms with Crippen LogP contribution in [0.2, 0.25) is 0 Å². The van der Waals surface area contributed by atoms with E-state index in [0.717, 1.165) is 30.2 Å². The predicted molar refractivity (Wildman–Crippen MR) is 74.0 cm³/mol. The standard InChI is InChI=1S/C14H20BrNO/c1-11(12-6-2-3-7-13(12)15)16-10-14(17)8-4-5-9-14/h2-3,6-7,11,16-17H,4-5,8-10H2,1H3. The van der Waals surface area contributed by atoms with Gasteiger partial charge in [0.1, 0.15) is 0 Å². The minimum absolute atomic E-state index is 0.259. The van der Waals surface area contributed by atoms with Crippen molar-refractivity contribution in [3.63, 3.8) is 0 Å². The van der Waals surface area contributed by atoms with Crippen molar-refractivity contribution < 1.29 is 5.11 Å². The maximum absolute atomic E-state index is 10.3. The Labute approximate surface area is 112 Å². The molecule has 2 nitrogen and oxygen atoms in total. The molecule has 1 fully saturated rings. The van der Waals surface area contributed by atoms with E-state index < -0.39 is 5.60 Å². The molecule has 2 N–H and O–H groups in total. The summed E-state index contributed by atoms with van der Waals surface area (Å²) < 4.78 is 1.12. The van der Waals surface area contributed by atoms with Gasteiger partial charge in [-0.05, 0) is 31.4 Å². The lowest BCUT2D eigenvalue weighted by Gasteiger charge is -2.25. The van der Waals surface area contributed by atoms with Crippen LogP contribution in [-0.2, 0) is 0 Å². The molecule has 1 aromatic rings. The van der Waals surface area contributed by atoms with Gasteiger partial charge in [-0.3, -0.25) is 0 Å². The number of rotatable bonds is 4. The fourth-order valence-electron chi connectivity index (χ4n) is 2.49. The Bertz CT molecular complexity index is 374. The zero-order chi connectivity index (χ0) is 12.3. The minimum atomic E-state index is -0.477. The molecule has 2 rings (SSSR count). The normalized spacial score (nSPS) is 20.4. The number of aliphatic hydroxyl groups is 1. The van der Waals surface area contributed by atoms with Crippen LogP contribution in [0.1, 0.15) is 44.2 Å². The molecule has 3 heteroatoms. The van der Waals surface area contributed by atoms with Crippen molar-refractivity contribution in [3.8, 4) is 0 Å². The highest BCUT2D eigenvalue weighted by molar-refractivity contribution is 9.10. The Balaban J connectivity index is 1.93. The Morgan fingerprint density at radius 1 is 1.35 bits per heavy atom. The summed E-state index contributed by atoms with van der Waals surface area (Å²) in [5, 5.41) is 13.7. The Hall–Kier alpha value is -0.380. The average molecular weight is 298 g/mol. The maximum Gasteiger partial charge on any atom is 0.0771 e. The number of halogens is 1. The third-order valence-electron chi connectivity index (χ3n) is 3.64. The van der Waals surface area contributed by atoms with E-state index in [-0.39, 0.29) is 6.04 Å². The summed E-state index contributed by atoms with van der Waals surface area (Å²) in [4.78, 5) is 0. The molecule has 1 atom stereocenters. The number of benzene rings is 1. The molecule has 0 bridgehead atoms. The second-order valence-corrected chi connectivity index (χ2v) is 5.91. The largest absolute Gasteiger partial charge is 0.389 e. The molecule has 0 radical (unpaired) electrons. The molecule has 0 spiro atoms. The number of hydrogen-bond donors (Lipinski definition) is 2. The molecule has 1 aliphatic carbocycles. The predicted octanol–water partition coefficient (Wildman–Crippen LogP) is 3.40. The molecule has 1 aliphatic rings. The first kappa shape index (κ1) is 13.1. The summed E-state index contributed by atoms with van der Waals surface area (Å²) in [6.07, 6.45) is 4.18. The van der Waals surface area contributed by atoms with Gasteiger partial charge in [-0.15, -0.1) is 0 Å². The van der Waals surface area contributed by atoms with Crippen molar-refractivity contribution in [1.29, 1.82) is 0 Å². The lowest BCUT2D eigenvalue weighted by Crippen LogP contribution is -2.39. The molecule has 94 valence electrons. The van der Waals surface area contributed by atoms with E-state index in [4.69, 9.17) is 0 Å². The van der Waals surface area contributed by atoms with E-state index >= 15 is 0 Å². The van der Waals surface area contributed by atoms with Gasteiger partial charge in [-0.25, -0.2) is 0 Å². The molecule has 0 amide bonds. The van der Waals surface area contributed by atoms with Crippen molar-refractivity contribution in [2.45, 2.75) is 44.2 Å². The third-order valence-corrected chi connectivity index (χ3v) is 4.37. The van der Waals surface area contributed by atoms with E-state index in [2.05, 4.69) is 40.3 Å². The van der Waals surface area contributed by atoms with Crippen LogP contribution in [0.25, 0.3) is 0 Å². The van der Waals surface area contributed by atoms with Crippen LogP contribution < -0.4 is 5.32 Å². The van der Waals surface area contributed by atoms with E-state index in [1.165, 1.54) is 5.56 Å². The van der Waals surface area contributed by atoms with Crippen molar-refractivity contribution in [1.82, 2.24) is 5.32 Å². The monoisotopic (exact) mass is 297 g/mol. The van der Waals surface area contributed by atoms with Crippen LogP contribution in [0.3, 0.4) is 0 Å². The fourth-order valence-corrected chi connectivity index (χ4v) is 3.12. The SMILES string of the molecule is CC(NCC1(O)CCCC1)c1ccccc1Br. The van der Waals surface area contributed by atoms with Gasteiger partial charge in [0, 0.05) is 17.1 Å². The van der Waals surface area contributed by atoms with E-state index in [1.807, 2.05) is 12.1 Å². The van der Waals surface area contributed by atoms with Gasteiger partial charge in [-0.2, -0.15) is 0 Å². The van der Waals surface area contributed by atoms with Gasteiger partial charge in [0.2, 0.25) is 0 Å². The first-order chi connectivity index (χ1) is 8.11. The summed E-state index contributed by atoms with van der Waals surface area (Å²) in [5.74, 6) is 0. The zero-order valence-electron chi connectivity index (χ0n) is 10.2. The van der Waals surface area contributed by atoms with Gasteiger partial charge >= 0.3 is 0 Å². The first-order valence-corrected chi connectivity index (χ1v) is 7.10. The van der Waals surface area contributed by atoms with Crippen molar-refractivity contribution in [3.05, 3.63) is 34.3 Å². The van der Waals surface area contributed by atoms with E-state index in [9.17, 15) is 5.11 Å². The third kappa shape index (κ3) is 3.30. The summed E-state index contributed by atoms with van der Waals surface area (Å²) in [6.45, 7) is 2.83. The molecular formula is C14H20BrNO. The lowest BCUT2D eigenvalue weighted by molar-refractivity contribution is 0.0453. The van der Waals surface area contributed by atoms with E-state index in [0.29, 0.717) is 6.54 Å². The quantitative estimate of drug-likeness (QED) is 0.893. The summed E-state index contributed by atoms with van der Waals surface area (Å²) >= 11 is 3.56. The fraction of sp³-hybridized carbons (Fsp3) is 0.571. The highest BCUT2D eigenvalue weighted by Crippen LogP contribution is 2.30. The molecule has 0 aromatic heterocycles. The van der Waals surface area contributed by atoms with E-state index in [1.54, 1.807) is 0 Å². The molecule has 0 saturated heterocycles. The lowest BCUT2D eigenvalue weighted by atomic mass is 10.0. The van der Waals surface area contributed by atoms with Gasteiger partial charge in [0.25, 0.3) is 0 Å². The van der Waals surface area contributed by atoms with Crippen LogP contribution in [0.5, 0.6) is 0 Å². The van der Waals surface area contributed by atoms with Crippen LogP contribution in [0, 0.1) is 0 Å². The van der Waals surface area contributed by atoms with Gasteiger partial charge < -0.3 is 10.4 Å². The molecule has 1 aromatic carbocycles. The summed E-state index contributed by atoms with van der Waals surface area (Å²) in [6, 6.07) is 8.49. The van der Waals surface area contributed by atoms with Crippen LogP contribution in [0.15, 0.2) is 28.7 Å². The topological polar surface area (TPSA) is 32.3 Å². The minimum Gasteiger partial charge on any atom is -0.389 e. The van der Waals surface area contributed by atoms with Crippen LogP contribution >= 0.6 is 15.9 Å². The van der Waals surface area contributed by atoms with Gasteiger partial charge in [-0.1, -0.05) is 47.0 Å². The maximum atomic E-state index is 10.3. The van der Waals surface area contributed by atoms with Crippen molar-refractivity contribution in [2.75, 3.05) is 6.54 Å². The Kier molecular flexibility index (Phi) is 4.23. The Morgan fingerprint density at radius 3 is 2.65 bits per heavy atom. The summed E-state index contributed by atoms with van der Waals surface area (Å²) in [5.41, 5.74) is 0.768. The molecule has 17 heavy (non-hydrogen) atoms. The molecule has 1 unspecified atom stereocenters. The van der Waals surface area contributed by atoms with Gasteiger partial charge in [0.15, 0.2) is 0 Å². The smallest absolute Gasteiger partial charge is 0.0771 e. The number of nitrogens with one attached hydrogen (secondary N) is 1. The molecule has 1 saturated carbocycles. The van der Waals surface area contributed by atoms with Crippen molar-refractivity contribution in [2.24, 2.45) is 0 Å². The highest BCUT2D eigenvalue weighted by Gasteiger charge is 2.31. The molecule has 0 heterocycles. The first-order valence-electron chi connectivity index (χ1n) is 6.31. The average Bonchev–Trinajstić information content (AvgIpc) is 2.74. The van der Waals surface area contributed by atoms with Crippen molar-refractivity contribution >= 4 is 15.9 Å². The van der Waals surface area contributed by atoms with Crippen LogP contribution in [-0.4, -0.2) is 17.3 Å². The second kappa shape index (κ2) is 5.51. The Morgan fingerprint density at radius 2 is 2.00 bits per heavy atom. The second-order valence-electron chi connectivity index (χ2n) is 5.06. The van der Waals surface area contributed by atoms with Crippen LogP contribution in [0.4, 0.5) is 0 Å². The molecule has 0 aliphatic heterocycles.